The smallest absolute Gasteiger partial charge is 0.329 e. The van der Waals surface area contributed by atoms with E-state index in [0.29, 0.717) is 23.3 Å². The van der Waals surface area contributed by atoms with E-state index in [0.717, 1.165) is 21.4 Å². The number of aromatic nitrogens is 2. The summed E-state index contributed by atoms with van der Waals surface area (Å²) in [6, 6.07) is 9.77. The third-order valence-electron chi connectivity index (χ3n) is 4.57. The summed E-state index contributed by atoms with van der Waals surface area (Å²) >= 11 is 1.36. The van der Waals surface area contributed by atoms with Gasteiger partial charge in [0.2, 0.25) is 5.91 Å². The number of nitrogens with one attached hydrogen (secondary N) is 1. The van der Waals surface area contributed by atoms with Gasteiger partial charge in [-0.15, -0.1) is 11.3 Å². The molecule has 0 radical (unpaired) electrons. The van der Waals surface area contributed by atoms with Crippen LogP contribution in [0.4, 0.5) is 0 Å². The lowest BCUT2D eigenvalue weighted by Gasteiger charge is -2.29. The number of aryl methyl sites for hydroxylation is 1. The molecule has 1 amide bonds. The van der Waals surface area contributed by atoms with Gasteiger partial charge >= 0.3 is 5.69 Å². The molecule has 0 saturated heterocycles. The summed E-state index contributed by atoms with van der Waals surface area (Å²) in [6.07, 6.45) is 0.788. The van der Waals surface area contributed by atoms with Crippen LogP contribution in [-0.2, 0) is 24.3 Å². The number of rotatable bonds is 2. The molecule has 3 heterocycles. The van der Waals surface area contributed by atoms with Gasteiger partial charge in [0.05, 0.1) is 5.39 Å². The van der Waals surface area contributed by atoms with E-state index in [-0.39, 0.29) is 12.5 Å². The third-order valence-corrected chi connectivity index (χ3v) is 5.54. The number of hydrogen-bond acceptors (Lipinski definition) is 4. The molecule has 1 aliphatic rings. The Morgan fingerprint density at radius 1 is 1.24 bits per heavy atom. The SMILES string of the molecule is Cc1cc2c(=O)n(CC(=O)N3CCc4ccccc4C3)c(=O)[nH]c2s1. The van der Waals surface area contributed by atoms with E-state index in [1.54, 1.807) is 11.0 Å². The zero-order valence-electron chi connectivity index (χ0n) is 13.7. The van der Waals surface area contributed by atoms with Crippen molar-refractivity contribution in [3.8, 4) is 0 Å². The fraction of sp³-hybridized carbons (Fsp3) is 0.278. The van der Waals surface area contributed by atoms with E-state index in [1.807, 2.05) is 25.1 Å². The molecule has 1 aliphatic heterocycles. The lowest BCUT2D eigenvalue weighted by Crippen LogP contribution is -2.43. The van der Waals surface area contributed by atoms with Crippen LogP contribution >= 0.6 is 11.3 Å². The van der Waals surface area contributed by atoms with Crippen molar-refractivity contribution in [3.05, 3.63) is 67.2 Å². The topological polar surface area (TPSA) is 75.2 Å². The van der Waals surface area contributed by atoms with Crippen LogP contribution < -0.4 is 11.2 Å². The molecule has 0 bridgehead atoms. The molecule has 128 valence electrons. The van der Waals surface area contributed by atoms with E-state index in [4.69, 9.17) is 0 Å². The van der Waals surface area contributed by atoms with Crippen LogP contribution in [-0.4, -0.2) is 26.9 Å². The highest BCUT2D eigenvalue weighted by Gasteiger charge is 2.22. The Kier molecular flexibility index (Phi) is 3.80. The summed E-state index contributed by atoms with van der Waals surface area (Å²) in [4.78, 5) is 43.3. The van der Waals surface area contributed by atoms with Crippen LogP contribution in [0.3, 0.4) is 0 Å². The van der Waals surface area contributed by atoms with Gasteiger partial charge in [-0.05, 0) is 30.5 Å². The largest absolute Gasteiger partial charge is 0.336 e. The molecule has 1 aromatic carbocycles. The van der Waals surface area contributed by atoms with Crippen molar-refractivity contribution in [1.82, 2.24) is 14.5 Å². The van der Waals surface area contributed by atoms with Crippen molar-refractivity contribution in [2.75, 3.05) is 6.54 Å². The molecule has 0 spiro atoms. The van der Waals surface area contributed by atoms with Gasteiger partial charge in [0.1, 0.15) is 11.4 Å². The minimum atomic E-state index is -0.537. The zero-order valence-corrected chi connectivity index (χ0v) is 14.6. The Bertz CT molecular complexity index is 1090. The molecule has 25 heavy (non-hydrogen) atoms. The fourth-order valence-electron chi connectivity index (χ4n) is 3.26. The summed E-state index contributed by atoms with van der Waals surface area (Å²) in [6.45, 7) is 2.76. The Balaban J connectivity index is 1.63. The molecule has 2 aromatic heterocycles. The van der Waals surface area contributed by atoms with Crippen molar-refractivity contribution in [2.24, 2.45) is 0 Å². The Labute approximate surface area is 147 Å². The van der Waals surface area contributed by atoms with Crippen LogP contribution in [0.25, 0.3) is 10.2 Å². The van der Waals surface area contributed by atoms with Crippen molar-refractivity contribution in [2.45, 2.75) is 26.4 Å². The Morgan fingerprint density at radius 3 is 2.80 bits per heavy atom. The fourth-order valence-corrected chi connectivity index (χ4v) is 4.15. The summed E-state index contributed by atoms with van der Waals surface area (Å²) < 4.78 is 0.997. The van der Waals surface area contributed by atoms with Gasteiger partial charge in [-0.25, -0.2) is 4.79 Å². The molecule has 3 aromatic rings. The molecule has 0 atom stereocenters. The standard InChI is InChI=1S/C18H17N3O3S/c1-11-8-14-16(25-11)19-18(24)21(17(14)23)10-15(22)20-7-6-12-4-2-3-5-13(12)9-20/h2-5,8H,6-7,9-10H2,1H3,(H,19,24). The second kappa shape index (κ2) is 6.00. The summed E-state index contributed by atoms with van der Waals surface area (Å²) in [5, 5.41) is 0.457. The first-order valence-electron chi connectivity index (χ1n) is 8.11. The van der Waals surface area contributed by atoms with Crippen LogP contribution in [0, 0.1) is 6.92 Å². The Morgan fingerprint density at radius 2 is 2.00 bits per heavy atom. The van der Waals surface area contributed by atoms with Gasteiger partial charge in [-0.2, -0.15) is 0 Å². The molecule has 0 fully saturated rings. The van der Waals surface area contributed by atoms with E-state index in [9.17, 15) is 14.4 Å². The number of amides is 1. The first kappa shape index (κ1) is 15.8. The molecule has 6 nitrogen and oxygen atoms in total. The van der Waals surface area contributed by atoms with Crippen molar-refractivity contribution in [1.29, 1.82) is 0 Å². The minimum Gasteiger partial charge on any atom is -0.336 e. The highest BCUT2D eigenvalue weighted by molar-refractivity contribution is 7.18. The predicted octanol–water partition coefficient (Wildman–Crippen LogP) is 1.64. The van der Waals surface area contributed by atoms with Gasteiger partial charge in [0, 0.05) is 18.0 Å². The summed E-state index contributed by atoms with van der Waals surface area (Å²) in [5.74, 6) is -0.214. The lowest BCUT2D eigenvalue weighted by atomic mass is 10.00. The van der Waals surface area contributed by atoms with Crippen LogP contribution in [0.15, 0.2) is 39.9 Å². The van der Waals surface area contributed by atoms with Crippen molar-refractivity contribution >= 4 is 27.5 Å². The zero-order chi connectivity index (χ0) is 17.6. The number of hydrogen-bond donors (Lipinski definition) is 1. The van der Waals surface area contributed by atoms with E-state index in [2.05, 4.69) is 11.1 Å². The molecular formula is C18H17N3O3S. The normalized spacial score (nSPS) is 13.9. The maximum absolute atomic E-state index is 12.6. The van der Waals surface area contributed by atoms with Crippen LogP contribution in [0.5, 0.6) is 0 Å². The van der Waals surface area contributed by atoms with E-state index < -0.39 is 11.2 Å². The summed E-state index contributed by atoms with van der Waals surface area (Å²) in [5.41, 5.74) is 1.42. The maximum Gasteiger partial charge on any atom is 0.329 e. The number of nitrogens with zero attached hydrogens (tertiary/aromatic N) is 2. The summed E-state index contributed by atoms with van der Waals surface area (Å²) in [7, 11) is 0. The maximum atomic E-state index is 12.6. The molecule has 7 heteroatoms. The second-order valence-corrected chi connectivity index (χ2v) is 7.51. The minimum absolute atomic E-state index is 0.214. The van der Waals surface area contributed by atoms with Crippen LogP contribution in [0.2, 0.25) is 0 Å². The first-order valence-corrected chi connectivity index (χ1v) is 8.92. The van der Waals surface area contributed by atoms with Gasteiger partial charge < -0.3 is 4.90 Å². The van der Waals surface area contributed by atoms with Gasteiger partial charge in [0.25, 0.3) is 5.56 Å². The molecule has 0 saturated carbocycles. The monoisotopic (exact) mass is 355 g/mol. The average molecular weight is 355 g/mol. The molecule has 0 unspecified atom stereocenters. The Hall–Kier alpha value is -2.67. The quantitative estimate of drug-likeness (QED) is 0.759. The average Bonchev–Trinajstić information content (AvgIpc) is 2.98. The van der Waals surface area contributed by atoms with Gasteiger partial charge in [0.15, 0.2) is 0 Å². The molecule has 0 aliphatic carbocycles. The first-order chi connectivity index (χ1) is 12.0. The number of carbonyl (C=O) groups is 1. The van der Waals surface area contributed by atoms with Crippen molar-refractivity contribution in [3.63, 3.8) is 0 Å². The number of fused-ring (bicyclic) bond motifs is 2. The number of benzene rings is 1. The second-order valence-electron chi connectivity index (χ2n) is 6.26. The number of carbonyl (C=O) groups excluding carboxylic acids is 1. The van der Waals surface area contributed by atoms with Gasteiger partial charge in [-0.3, -0.25) is 19.1 Å². The van der Waals surface area contributed by atoms with E-state index >= 15 is 0 Å². The highest BCUT2D eigenvalue weighted by atomic mass is 32.1. The van der Waals surface area contributed by atoms with Crippen LogP contribution in [0.1, 0.15) is 16.0 Å². The lowest BCUT2D eigenvalue weighted by molar-refractivity contribution is -0.132. The van der Waals surface area contributed by atoms with Crippen molar-refractivity contribution < 1.29 is 4.79 Å². The predicted molar refractivity (Wildman–Crippen MR) is 97.0 cm³/mol. The van der Waals surface area contributed by atoms with E-state index in [1.165, 1.54) is 16.9 Å². The molecule has 4 rings (SSSR count). The number of thiophene rings is 1. The number of H-pyrrole nitrogens is 1. The molecular weight excluding hydrogens is 338 g/mol. The number of aromatic amines is 1. The third kappa shape index (κ3) is 2.80. The highest BCUT2D eigenvalue weighted by Crippen LogP contribution is 2.20. The molecule has 1 N–H and O–H groups in total. The van der Waals surface area contributed by atoms with Gasteiger partial charge in [-0.1, -0.05) is 24.3 Å².